The van der Waals surface area contributed by atoms with Crippen LogP contribution < -0.4 is 10.5 Å². The van der Waals surface area contributed by atoms with Crippen LogP contribution >= 0.6 is 0 Å². The minimum absolute atomic E-state index is 0.0587. The molecule has 0 bridgehead atoms. The number of nitrogens with zero attached hydrogens (tertiary/aromatic N) is 1. The van der Waals surface area contributed by atoms with Crippen LogP contribution in [0.1, 0.15) is 39.9 Å². The summed E-state index contributed by atoms with van der Waals surface area (Å²) in [6.45, 7) is 2.41. The molecule has 0 aliphatic carbocycles. The van der Waals surface area contributed by atoms with E-state index in [1.807, 2.05) is 23.1 Å². The number of benzene rings is 2. The van der Waals surface area contributed by atoms with Gasteiger partial charge in [-0.1, -0.05) is 30.3 Å². The van der Waals surface area contributed by atoms with E-state index < -0.39 is 5.97 Å². The molecule has 0 radical (unpaired) electrons. The van der Waals surface area contributed by atoms with Gasteiger partial charge in [-0.05, 0) is 30.5 Å². The summed E-state index contributed by atoms with van der Waals surface area (Å²) >= 11 is 0. The number of cyclic esters (lactones) is 1. The van der Waals surface area contributed by atoms with E-state index in [-0.39, 0.29) is 11.3 Å². The second kappa shape index (κ2) is 6.74. The maximum Gasteiger partial charge on any atom is 0.344 e. The Balaban J connectivity index is 1.33. The Morgan fingerprint density at radius 3 is 2.66 bits per heavy atom. The molecule has 1 spiro atoms. The molecule has 1 amide bonds. The fourth-order valence-electron chi connectivity index (χ4n) is 4.50. The Kier molecular flexibility index (Phi) is 4.17. The van der Waals surface area contributed by atoms with E-state index in [1.165, 1.54) is 11.6 Å². The van der Waals surface area contributed by atoms with Crippen molar-refractivity contribution >= 4 is 17.6 Å². The van der Waals surface area contributed by atoms with Gasteiger partial charge in [0.25, 0.3) is 0 Å². The molecule has 148 valence electrons. The van der Waals surface area contributed by atoms with E-state index in [4.69, 9.17) is 15.2 Å². The van der Waals surface area contributed by atoms with E-state index in [9.17, 15) is 9.59 Å². The summed E-state index contributed by atoms with van der Waals surface area (Å²) in [4.78, 5) is 26.6. The first-order chi connectivity index (χ1) is 14.1. The molecule has 2 aromatic carbocycles. The average molecular weight is 390 g/mol. The van der Waals surface area contributed by atoms with Crippen molar-refractivity contribution in [1.82, 2.24) is 4.90 Å². The van der Waals surface area contributed by atoms with E-state index in [1.54, 1.807) is 18.2 Å². The highest BCUT2D eigenvalue weighted by Crippen LogP contribution is 2.46. The number of likely N-dealkylation sites (tertiary alicyclic amines) is 1. The lowest BCUT2D eigenvalue weighted by Gasteiger charge is -2.38. The number of carbonyl (C=O) groups is 2. The lowest BCUT2D eigenvalue weighted by molar-refractivity contribution is -0.127. The van der Waals surface area contributed by atoms with Crippen LogP contribution in [0.5, 0.6) is 5.75 Å². The summed E-state index contributed by atoms with van der Waals surface area (Å²) in [7, 11) is 0. The number of ether oxygens (including phenoxy) is 2. The monoisotopic (exact) mass is 390 g/mol. The van der Waals surface area contributed by atoms with Crippen molar-refractivity contribution in [3.63, 3.8) is 0 Å². The second-order valence-corrected chi connectivity index (χ2v) is 7.87. The van der Waals surface area contributed by atoms with Crippen molar-refractivity contribution in [2.75, 3.05) is 19.7 Å². The number of nitrogens with two attached hydrogens (primary N) is 1. The normalized spacial score (nSPS) is 20.4. The number of rotatable bonds is 2. The van der Waals surface area contributed by atoms with Gasteiger partial charge in [0.1, 0.15) is 11.5 Å². The largest absolute Gasteiger partial charge is 0.492 e. The van der Waals surface area contributed by atoms with Crippen molar-refractivity contribution in [3.8, 4) is 5.75 Å². The third-order valence-electron chi connectivity index (χ3n) is 6.26. The topological polar surface area (TPSA) is 81.9 Å². The molecule has 1 saturated heterocycles. The van der Waals surface area contributed by atoms with E-state index >= 15 is 0 Å². The first-order valence-corrected chi connectivity index (χ1v) is 9.88. The van der Waals surface area contributed by atoms with Crippen LogP contribution in [0.15, 0.2) is 48.5 Å². The van der Waals surface area contributed by atoms with Gasteiger partial charge in [-0.15, -0.1) is 0 Å². The Hall–Kier alpha value is -3.12. The van der Waals surface area contributed by atoms with Crippen molar-refractivity contribution in [1.29, 1.82) is 0 Å². The molecule has 6 nitrogen and oxygen atoms in total. The molecule has 0 unspecified atom stereocenters. The Bertz CT molecular complexity index is 1030. The Morgan fingerprint density at radius 2 is 1.90 bits per heavy atom. The highest BCUT2D eigenvalue weighted by molar-refractivity contribution is 6.06. The molecular formula is C23H22N2O4. The number of hydrogen-bond acceptors (Lipinski definition) is 5. The summed E-state index contributed by atoms with van der Waals surface area (Å²) in [6.07, 6.45) is 3.10. The van der Waals surface area contributed by atoms with Crippen LogP contribution in [-0.2, 0) is 21.5 Å². The number of hydrogen-bond donors (Lipinski definition) is 1. The summed E-state index contributed by atoms with van der Waals surface area (Å²) in [5.41, 5.74) is 9.23. The third-order valence-corrected chi connectivity index (χ3v) is 6.26. The molecule has 0 aromatic heterocycles. The quantitative estimate of drug-likeness (QED) is 0.630. The van der Waals surface area contributed by atoms with Crippen molar-refractivity contribution in [3.05, 3.63) is 70.8 Å². The third kappa shape index (κ3) is 2.91. The Labute approximate surface area is 168 Å². The van der Waals surface area contributed by atoms with Crippen LogP contribution in [0.2, 0.25) is 0 Å². The lowest BCUT2D eigenvalue weighted by Crippen LogP contribution is -2.45. The van der Waals surface area contributed by atoms with Crippen LogP contribution in [-0.4, -0.2) is 36.5 Å². The fraction of sp³-hybridized carbons (Fsp3) is 0.304. The van der Waals surface area contributed by atoms with E-state index in [2.05, 4.69) is 6.07 Å². The van der Waals surface area contributed by atoms with Gasteiger partial charge in [0.2, 0.25) is 5.91 Å². The summed E-state index contributed by atoms with van der Waals surface area (Å²) in [6, 6.07) is 13.3. The average Bonchev–Trinajstić information content (AvgIpc) is 3.26. The van der Waals surface area contributed by atoms with Crippen LogP contribution in [0.25, 0.3) is 5.76 Å². The van der Waals surface area contributed by atoms with E-state index in [0.29, 0.717) is 43.1 Å². The van der Waals surface area contributed by atoms with Gasteiger partial charge in [0.15, 0.2) is 0 Å². The molecule has 2 aromatic rings. The Morgan fingerprint density at radius 1 is 1.14 bits per heavy atom. The summed E-state index contributed by atoms with van der Waals surface area (Å²) < 4.78 is 11.2. The zero-order chi connectivity index (χ0) is 20.0. The van der Waals surface area contributed by atoms with Gasteiger partial charge in [-0.3, -0.25) is 4.79 Å². The highest BCUT2D eigenvalue weighted by Gasteiger charge is 2.43. The number of amides is 1. The van der Waals surface area contributed by atoms with Gasteiger partial charge in [0, 0.05) is 42.3 Å². The number of fused-ring (bicyclic) bond motifs is 3. The zero-order valence-electron chi connectivity index (χ0n) is 16.0. The number of carbonyl (C=O) groups excluding carboxylic acids is 2. The fourth-order valence-corrected chi connectivity index (χ4v) is 4.50. The van der Waals surface area contributed by atoms with Gasteiger partial charge >= 0.3 is 5.97 Å². The second-order valence-electron chi connectivity index (χ2n) is 7.87. The summed E-state index contributed by atoms with van der Waals surface area (Å²) in [5.74, 6) is 0.721. The molecule has 29 heavy (non-hydrogen) atoms. The van der Waals surface area contributed by atoms with E-state index in [0.717, 1.165) is 24.2 Å². The first-order valence-electron chi connectivity index (χ1n) is 9.88. The molecule has 3 heterocycles. The standard InChI is InChI=1S/C23H22N2O4/c24-13-15-5-6-19-18(11-15)23(14-28-19)7-9-25(10-8-23)21(26)12-20-16-3-1-2-4-17(16)22(27)29-20/h1-6,11-12H,7-10,13-14,24H2/b20-12-. The highest BCUT2D eigenvalue weighted by atomic mass is 16.5. The SMILES string of the molecule is NCc1ccc2c(c1)C1(CCN(C(=O)/C=C3\OC(=O)c4ccccc43)CC1)CO2. The van der Waals surface area contributed by atoms with Gasteiger partial charge < -0.3 is 20.1 Å². The predicted octanol–water partition coefficient (Wildman–Crippen LogP) is 2.61. The van der Waals surface area contributed by atoms with Gasteiger partial charge in [-0.25, -0.2) is 4.79 Å². The van der Waals surface area contributed by atoms with Crippen molar-refractivity contribution in [2.24, 2.45) is 5.73 Å². The maximum atomic E-state index is 12.8. The first kappa shape index (κ1) is 17.9. The zero-order valence-corrected chi connectivity index (χ0v) is 16.0. The van der Waals surface area contributed by atoms with Crippen molar-refractivity contribution < 1.29 is 19.1 Å². The van der Waals surface area contributed by atoms with Gasteiger partial charge in [0.05, 0.1) is 12.2 Å². The molecule has 0 saturated carbocycles. The molecule has 2 N–H and O–H groups in total. The molecular weight excluding hydrogens is 368 g/mol. The minimum Gasteiger partial charge on any atom is -0.492 e. The van der Waals surface area contributed by atoms with Crippen molar-refractivity contribution in [2.45, 2.75) is 24.8 Å². The molecule has 6 heteroatoms. The smallest absolute Gasteiger partial charge is 0.344 e. The maximum absolute atomic E-state index is 12.8. The lowest BCUT2D eigenvalue weighted by atomic mass is 9.74. The predicted molar refractivity (Wildman–Crippen MR) is 107 cm³/mol. The molecule has 3 aliphatic heterocycles. The molecule has 0 atom stereocenters. The molecule has 5 rings (SSSR count). The molecule has 3 aliphatic rings. The summed E-state index contributed by atoms with van der Waals surface area (Å²) in [5, 5.41) is 0. The number of piperidine rings is 1. The molecule has 1 fully saturated rings. The van der Waals surface area contributed by atoms with Crippen LogP contribution in [0.3, 0.4) is 0 Å². The minimum atomic E-state index is -0.410. The number of esters is 1. The van der Waals surface area contributed by atoms with Gasteiger partial charge in [-0.2, -0.15) is 0 Å². The van der Waals surface area contributed by atoms with Crippen LogP contribution in [0.4, 0.5) is 0 Å². The van der Waals surface area contributed by atoms with Crippen LogP contribution in [0, 0.1) is 0 Å².